The second-order valence-corrected chi connectivity index (χ2v) is 3.95. The SMILES string of the molecule is CC(=O)Nc1cc(OC(C)=S)c(C)cc1F. The van der Waals surface area contributed by atoms with Crippen molar-refractivity contribution in [2.24, 2.45) is 0 Å². The van der Waals surface area contributed by atoms with Crippen molar-refractivity contribution in [2.45, 2.75) is 20.8 Å². The number of rotatable bonds is 2. The maximum Gasteiger partial charge on any atom is 0.221 e. The molecule has 1 aromatic rings. The molecule has 0 saturated heterocycles. The third-order valence-electron chi connectivity index (χ3n) is 1.83. The second kappa shape index (κ2) is 5.03. The average molecular weight is 241 g/mol. The van der Waals surface area contributed by atoms with Crippen LogP contribution in [0.25, 0.3) is 0 Å². The van der Waals surface area contributed by atoms with Crippen LogP contribution in [0.15, 0.2) is 12.1 Å². The number of hydrogen-bond donors (Lipinski definition) is 1. The lowest BCUT2D eigenvalue weighted by Gasteiger charge is -2.10. The summed E-state index contributed by atoms with van der Waals surface area (Å²) in [4.78, 5) is 10.8. The van der Waals surface area contributed by atoms with Gasteiger partial charge in [-0.3, -0.25) is 4.79 Å². The number of carbonyl (C=O) groups is 1. The smallest absolute Gasteiger partial charge is 0.221 e. The zero-order valence-electron chi connectivity index (χ0n) is 9.26. The summed E-state index contributed by atoms with van der Waals surface area (Å²) in [5.74, 6) is -0.396. The standard InChI is InChI=1S/C11H12FNO2S/c1-6-4-9(12)10(13-7(2)14)5-11(6)15-8(3)16/h4-5H,1-3H3,(H,13,14). The van der Waals surface area contributed by atoms with E-state index in [1.165, 1.54) is 19.1 Å². The van der Waals surface area contributed by atoms with Crippen LogP contribution in [-0.2, 0) is 4.79 Å². The molecule has 1 aromatic carbocycles. The first-order valence-corrected chi connectivity index (χ1v) is 5.07. The van der Waals surface area contributed by atoms with Crippen LogP contribution < -0.4 is 10.1 Å². The first-order chi connectivity index (χ1) is 7.40. The fourth-order valence-electron chi connectivity index (χ4n) is 1.20. The van der Waals surface area contributed by atoms with Gasteiger partial charge in [-0.25, -0.2) is 4.39 Å². The van der Waals surface area contributed by atoms with Gasteiger partial charge in [0, 0.05) is 19.9 Å². The summed E-state index contributed by atoms with van der Waals surface area (Å²) in [6.07, 6.45) is 0. The number of nitrogens with one attached hydrogen (secondary N) is 1. The Kier molecular flexibility index (Phi) is 3.95. The van der Waals surface area contributed by atoms with Gasteiger partial charge >= 0.3 is 0 Å². The highest BCUT2D eigenvalue weighted by Crippen LogP contribution is 2.26. The molecule has 16 heavy (non-hydrogen) atoms. The summed E-state index contributed by atoms with van der Waals surface area (Å²) < 4.78 is 18.7. The molecule has 0 aliphatic rings. The Balaban J connectivity index is 3.10. The summed E-state index contributed by atoms with van der Waals surface area (Å²) in [5.41, 5.74) is 0.708. The number of benzene rings is 1. The van der Waals surface area contributed by atoms with Crippen LogP contribution in [0.2, 0.25) is 0 Å². The number of carbonyl (C=O) groups excluding carboxylic acids is 1. The summed E-state index contributed by atoms with van der Waals surface area (Å²) in [7, 11) is 0. The average Bonchev–Trinajstić information content (AvgIpc) is 2.11. The summed E-state index contributed by atoms with van der Waals surface area (Å²) >= 11 is 4.80. The van der Waals surface area contributed by atoms with E-state index in [0.29, 0.717) is 16.4 Å². The van der Waals surface area contributed by atoms with Crippen molar-refractivity contribution in [3.63, 3.8) is 0 Å². The van der Waals surface area contributed by atoms with E-state index in [9.17, 15) is 9.18 Å². The predicted octanol–water partition coefficient (Wildman–Crippen LogP) is 2.82. The van der Waals surface area contributed by atoms with Crippen molar-refractivity contribution >= 4 is 28.9 Å². The maximum absolute atomic E-state index is 13.4. The number of ether oxygens (including phenoxy) is 1. The van der Waals surface area contributed by atoms with Crippen LogP contribution in [0.4, 0.5) is 10.1 Å². The highest BCUT2D eigenvalue weighted by atomic mass is 32.1. The fourth-order valence-corrected chi connectivity index (χ4v) is 1.29. The van der Waals surface area contributed by atoms with Gasteiger partial charge in [0.05, 0.1) is 5.69 Å². The van der Waals surface area contributed by atoms with E-state index < -0.39 is 5.82 Å². The fraction of sp³-hybridized carbons (Fsp3) is 0.273. The second-order valence-electron chi connectivity index (χ2n) is 3.37. The number of anilines is 1. The Morgan fingerprint density at radius 1 is 1.44 bits per heavy atom. The summed E-state index contributed by atoms with van der Waals surface area (Å²) in [6.45, 7) is 4.63. The Morgan fingerprint density at radius 2 is 2.06 bits per heavy atom. The lowest BCUT2D eigenvalue weighted by atomic mass is 10.2. The van der Waals surface area contributed by atoms with Crippen molar-refractivity contribution in [1.29, 1.82) is 0 Å². The number of aryl methyl sites for hydroxylation is 1. The summed E-state index contributed by atoms with van der Waals surface area (Å²) in [6, 6.07) is 2.71. The zero-order chi connectivity index (χ0) is 12.3. The topological polar surface area (TPSA) is 38.3 Å². The van der Waals surface area contributed by atoms with Gasteiger partial charge < -0.3 is 10.1 Å². The molecule has 0 aromatic heterocycles. The Morgan fingerprint density at radius 3 is 2.56 bits per heavy atom. The van der Waals surface area contributed by atoms with Gasteiger partial charge in [-0.15, -0.1) is 0 Å². The van der Waals surface area contributed by atoms with Gasteiger partial charge in [0.25, 0.3) is 0 Å². The minimum atomic E-state index is -0.498. The van der Waals surface area contributed by atoms with E-state index in [0.717, 1.165) is 0 Å². The first-order valence-electron chi connectivity index (χ1n) is 4.66. The molecule has 0 fully saturated rings. The molecule has 0 aliphatic heterocycles. The van der Waals surface area contributed by atoms with Gasteiger partial charge in [-0.05, 0) is 30.8 Å². The monoisotopic (exact) mass is 241 g/mol. The number of hydrogen-bond acceptors (Lipinski definition) is 3. The quantitative estimate of drug-likeness (QED) is 0.809. The molecule has 0 radical (unpaired) electrons. The van der Waals surface area contributed by atoms with Crippen molar-refractivity contribution in [2.75, 3.05) is 5.32 Å². The van der Waals surface area contributed by atoms with Gasteiger partial charge in [-0.2, -0.15) is 0 Å². The lowest BCUT2D eigenvalue weighted by molar-refractivity contribution is -0.114. The molecule has 0 heterocycles. The van der Waals surface area contributed by atoms with Gasteiger partial charge in [-0.1, -0.05) is 0 Å². The lowest BCUT2D eigenvalue weighted by Crippen LogP contribution is -2.09. The van der Waals surface area contributed by atoms with Crippen molar-refractivity contribution in [3.8, 4) is 5.75 Å². The first kappa shape index (κ1) is 12.6. The van der Waals surface area contributed by atoms with Crippen molar-refractivity contribution in [3.05, 3.63) is 23.5 Å². The van der Waals surface area contributed by atoms with E-state index in [1.807, 2.05) is 0 Å². The van der Waals surface area contributed by atoms with Crippen molar-refractivity contribution < 1.29 is 13.9 Å². The van der Waals surface area contributed by atoms with Crippen molar-refractivity contribution in [1.82, 2.24) is 0 Å². The van der Waals surface area contributed by atoms with Gasteiger partial charge in [0.2, 0.25) is 5.91 Å². The molecule has 1 amide bonds. The Bertz CT molecular complexity index is 409. The number of halogens is 1. The highest BCUT2D eigenvalue weighted by molar-refractivity contribution is 7.80. The largest absolute Gasteiger partial charge is 0.450 e. The Hall–Kier alpha value is -1.49. The zero-order valence-corrected chi connectivity index (χ0v) is 10.1. The predicted molar refractivity (Wildman–Crippen MR) is 64.3 cm³/mol. The molecule has 3 nitrogen and oxygen atoms in total. The molecule has 0 aliphatic carbocycles. The van der Waals surface area contributed by atoms with E-state index >= 15 is 0 Å². The molecule has 1 N–H and O–H groups in total. The molecular formula is C11H12FNO2S. The molecule has 0 spiro atoms. The molecule has 0 bridgehead atoms. The molecule has 5 heteroatoms. The van der Waals surface area contributed by atoms with Gasteiger partial charge in [0.1, 0.15) is 11.6 Å². The van der Waals surface area contributed by atoms with E-state index in [2.05, 4.69) is 5.32 Å². The molecule has 86 valence electrons. The molecular weight excluding hydrogens is 229 g/mol. The van der Waals surface area contributed by atoms with Crippen LogP contribution >= 0.6 is 12.2 Å². The normalized spacial score (nSPS) is 9.75. The van der Waals surface area contributed by atoms with E-state index in [-0.39, 0.29) is 11.6 Å². The van der Waals surface area contributed by atoms with Gasteiger partial charge in [0.15, 0.2) is 5.05 Å². The molecule has 0 atom stereocenters. The molecule has 0 unspecified atom stereocenters. The number of thiocarbonyl (C=S) groups is 1. The third-order valence-corrected chi connectivity index (χ3v) is 1.91. The third kappa shape index (κ3) is 3.27. The minimum absolute atomic E-state index is 0.0874. The highest BCUT2D eigenvalue weighted by Gasteiger charge is 2.09. The molecule has 0 saturated carbocycles. The van der Waals surface area contributed by atoms with Crippen LogP contribution in [0, 0.1) is 12.7 Å². The van der Waals surface area contributed by atoms with Crippen LogP contribution in [0.1, 0.15) is 19.4 Å². The summed E-state index contributed by atoms with van der Waals surface area (Å²) in [5, 5.41) is 2.71. The minimum Gasteiger partial charge on any atom is -0.450 e. The van der Waals surface area contributed by atoms with Crippen LogP contribution in [0.5, 0.6) is 5.75 Å². The van der Waals surface area contributed by atoms with Crippen LogP contribution in [-0.4, -0.2) is 11.0 Å². The maximum atomic E-state index is 13.4. The Labute approximate surface area is 98.6 Å². The van der Waals surface area contributed by atoms with E-state index in [4.69, 9.17) is 17.0 Å². The van der Waals surface area contributed by atoms with Crippen LogP contribution in [0.3, 0.4) is 0 Å². The van der Waals surface area contributed by atoms with E-state index in [1.54, 1.807) is 13.8 Å². The number of amides is 1. The molecule has 1 rings (SSSR count).